The van der Waals surface area contributed by atoms with Crippen LogP contribution in [0.1, 0.15) is 54.9 Å². The molecule has 0 spiro atoms. The Kier molecular flexibility index (Phi) is 4.50. The molecule has 0 aromatic rings. The minimum Gasteiger partial charge on any atom is -0.331 e. The number of hydrogen-bond acceptors (Lipinski definition) is 2. The first-order valence-corrected chi connectivity index (χ1v) is 9.28. The van der Waals surface area contributed by atoms with Crippen LogP contribution in [0.3, 0.4) is 0 Å². The summed E-state index contributed by atoms with van der Waals surface area (Å²) < 4.78 is 0. The van der Waals surface area contributed by atoms with Crippen molar-refractivity contribution in [2.75, 3.05) is 6.67 Å². The molecule has 1 heterocycles. The maximum absolute atomic E-state index is 2.46. The molecule has 0 aromatic carbocycles. The molecule has 0 amide bonds. The number of nitrogens with zero attached hydrogens (tertiary/aromatic N) is 2. The Morgan fingerprint density at radius 3 is 2.00 bits per heavy atom. The first-order valence-electron chi connectivity index (χ1n) is 9.28. The van der Waals surface area contributed by atoms with Gasteiger partial charge in [0, 0.05) is 35.6 Å². The third-order valence-corrected chi connectivity index (χ3v) is 6.06. The van der Waals surface area contributed by atoms with E-state index in [2.05, 4.69) is 82.8 Å². The van der Waals surface area contributed by atoms with E-state index < -0.39 is 0 Å². The van der Waals surface area contributed by atoms with Crippen molar-refractivity contribution in [1.82, 2.24) is 9.80 Å². The van der Waals surface area contributed by atoms with E-state index in [0.29, 0.717) is 17.8 Å². The first-order chi connectivity index (χ1) is 11.3. The highest BCUT2D eigenvalue weighted by atomic mass is 15.4. The molecule has 3 aliphatic rings. The third kappa shape index (κ3) is 2.87. The molecule has 0 aromatic heterocycles. The Morgan fingerprint density at radius 1 is 0.792 bits per heavy atom. The van der Waals surface area contributed by atoms with Gasteiger partial charge in [0.25, 0.3) is 0 Å². The highest BCUT2D eigenvalue weighted by molar-refractivity contribution is 5.37. The Bertz CT molecular complexity index is 687. The van der Waals surface area contributed by atoms with Gasteiger partial charge in [0.05, 0.1) is 6.67 Å². The molecule has 0 saturated heterocycles. The molecule has 1 unspecified atom stereocenters. The quantitative estimate of drug-likeness (QED) is 0.633. The smallest absolute Gasteiger partial charge is 0.0983 e. The molecule has 0 N–H and O–H groups in total. The second-order valence-corrected chi connectivity index (χ2v) is 8.08. The molecule has 2 nitrogen and oxygen atoms in total. The predicted octanol–water partition coefficient (Wildman–Crippen LogP) is 5.80. The van der Waals surface area contributed by atoms with Crippen LogP contribution in [0, 0.1) is 17.8 Å². The van der Waals surface area contributed by atoms with Crippen LogP contribution in [0.15, 0.2) is 58.2 Å². The zero-order valence-electron chi connectivity index (χ0n) is 16.4. The van der Waals surface area contributed by atoms with Crippen LogP contribution in [0.2, 0.25) is 0 Å². The van der Waals surface area contributed by atoms with Crippen LogP contribution < -0.4 is 0 Å². The summed E-state index contributed by atoms with van der Waals surface area (Å²) in [7, 11) is 0. The number of allylic oxidation sites excluding steroid dienone is 8. The summed E-state index contributed by atoms with van der Waals surface area (Å²) in [6.07, 6.45) is 10.4. The topological polar surface area (TPSA) is 6.48 Å². The normalized spacial score (nSPS) is 31.0. The van der Waals surface area contributed by atoms with Gasteiger partial charge in [0.1, 0.15) is 0 Å². The maximum atomic E-state index is 2.46. The van der Waals surface area contributed by atoms with Gasteiger partial charge in [-0.15, -0.1) is 0 Å². The summed E-state index contributed by atoms with van der Waals surface area (Å²) in [5.74, 6) is 1.78. The van der Waals surface area contributed by atoms with E-state index >= 15 is 0 Å². The number of rotatable bonds is 2. The summed E-state index contributed by atoms with van der Waals surface area (Å²) in [4.78, 5) is 4.91. The molecule has 0 bridgehead atoms. The van der Waals surface area contributed by atoms with E-state index in [4.69, 9.17) is 0 Å². The van der Waals surface area contributed by atoms with E-state index in [9.17, 15) is 0 Å². The Morgan fingerprint density at radius 2 is 1.38 bits per heavy atom. The second-order valence-electron chi connectivity index (χ2n) is 8.08. The lowest BCUT2D eigenvalue weighted by Crippen LogP contribution is -2.33. The van der Waals surface area contributed by atoms with E-state index in [1.807, 2.05) is 0 Å². The molecule has 3 rings (SSSR count). The van der Waals surface area contributed by atoms with Gasteiger partial charge in [-0.3, -0.25) is 0 Å². The van der Waals surface area contributed by atoms with Crippen molar-refractivity contribution in [3.05, 3.63) is 58.2 Å². The van der Waals surface area contributed by atoms with Gasteiger partial charge in [0.15, 0.2) is 0 Å². The average molecular weight is 325 g/mol. The highest BCUT2D eigenvalue weighted by Gasteiger charge is 2.31. The van der Waals surface area contributed by atoms with E-state index in [0.717, 1.165) is 6.67 Å². The summed E-state index contributed by atoms with van der Waals surface area (Å²) in [5.41, 5.74) is 8.81. The first kappa shape index (κ1) is 17.1. The van der Waals surface area contributed by atoms with Crippen LogP contribution in [-0.4, -0.2) is 16.5 Å². The zero-order valence-corrected chi connectivity index (χ0v) is 16.4. The Hall–Kier alpha value is -1.70. The molecule has 0 fully saturated rings. The van der Waals surface area contributed by atoms with E-state index in [-0.39, 0.29) is 0 Å². The third-order valence-electron chi connectivity index (χ3n) is 6.06. The van der Waals surface area contributed by atoms with Crippen molar-refractivity contribution in [1.29, 1.82) is 0 Å². The maximum Gasteiger partial charge on any atom is 0.0983 e. The van der Waals surface area contributed by atoms with Crippen LogP contribution >= 0.6 is 0 Å². The van der Waals surface area contributed by atoms with Gasteiger partial charge < -0.3 is 9.80 Å². The summed E-state index contributed by atoms with van der Waals surface area (Å²) in [5, 5.41) is 0. The summed E-state index contributed by atoms with van der Waals surface area (Å²) in [6, 6.07) is 0. The predicted molar refractivity (Wildman–Crippen MR) is 103 cm³/mol. The van der Waals surface area contributed by atoms with Gasteiger partial charge in [-0.25, -0.2) is 0 Å². The standard InChI is InChI=1S/C22H32N2/c1-14-10-16(3)21(17(4)11-14)23-8-9-24(13-23)22-18(5)12-15(2)19(6)20(22)7/h8-10,12,17,19-20H,11,13H2,1-7H3/t17-,19?,20-/m0/s1. The summed E-state index contributed by atoms with van der Waals surface area (Å²) in [6.45, 7) is 17.1. The van der Waals surface area contributed by atoms with Crippen molar-refractivity contribution in [2.24, 2.45) is 17.8 Å². The van der Waals surface area contributed by atoms with E-state index in [1.54, 1.807) is 0 Å². The molecular formula is C22H32N2. The SMILES string of the molecule is CC1=CC(C)=C(N2C=CN(C3=C(C)C=C(C)C(C)[C@@H]3C)C2)[C@@H](C)C1. The molecule has 3 atom stereocenters. The Balaban J connectivity index is 1.86. The van der Waals surface area contributed by atoms with Crippen LogP contribution in [0.5, 0.6) is 0 Å². The zero-order chi connectivity index (χ0) is 17.6. The van der Waals surface area contributed by atoms with Gasteiger partial charge in [-0.05, 0) is 51.2 Å². The van der Waals surface area contributed by atoms with E-state index in [1.165, 1.54) is 40.1 Å². The molecule has 2 aliphatic carbocycles. The lowest BCUT2D eigenvalue weighted by molar-refractivity contribution is 0.283. The second kappa shape index (κ2) is 6.31. The number of hydrogen-bond donors (Lipinski definition) is 0. The van der Waals surface area contributed by atoms with Crippen molar-refractivity contribution >= 4 is 0 Å². The molecule has 0 radical (unpaired) electrons. The van der Waals surface area contributed by atoms with Gasteiger partial charge in [0.2, 0.25) is 0 Å². The largest absolute Gasteiger partial charge is 0.331 e. The molecule has 2 heteroatoms. The lowest BCUT2D eigenvalue weighted by Gasteiger charge is -2.37. The molecule has 130 valence electrons. The lowest BCUT2D eigenvalue weighted by atomic mass is 9.80. The van der Waals surface area contributed by atoms with Gasteiger partial charge >= 0.3 is 0 Å². The Labute approximate surface area is 147 Å². The minimum absolute atomic E-state index is 0.570. The fourth-order valence-electron chi connectivity index (χ4n) is 4.74. The fraction of sp³-hybridized carbons (Fsp3) is 0.545. The van der Waals surface area contributed by atoms with Crippen molar-refractivity contribution in [3.63, 3.8) is 0 Å². The van der Waals surface area contributed by atoms with Crippen molar-refractivity contribution < 1.29 is 0 Å². The fourth-order valence-corrected chi connectivity index (χ4v) is 4.74. The van der Waals surface area contributed by atoms with Crippen LogP contribution in [-0.2, 0) is 0 Å². The summed E-state index contributed by atoms with van der Waals surface area (Å²) >= 11 is 0. The average Bonchev–Trinajstić information content (AvgIpc) is 2.93. The molecular weight excluding hydrogens is 292 g/mol. The molecule has 0 saturated carbocycles. The monoisotopic (exact) mass is 324 g/mol. The van der Waals surface area contributed by atoms with Crippen LogP contribution in [0.25, 0.3) is 0 Å². The van der Waals surface area contributed by atoms with Crippen LogP contribution in [0.4, 0.5) is 0 Å². The van der Waals surface area contributed by atoms with Crippen molar-refractivity contribution in [3.8, 4) is 0 Å². The highest BCUT2D eigenvalue weighted by Crippen LogP contribution is 2.39. The van der Waals surface area contributed by atoms with Gasteiger partial charge in [-0.2, -0.15) is 0 Å². The van der Waals surface area contributed by atoms with Gasteiger partial charge in [-0.1, -0.05) is 44.1 Å². The molecule has 24 heavy (non-hydrogen) atoms. The van der Waals surface area contributed by atoms with Crippen molar-refractivity contribution in [2.45, 2.75) is 54.9 Å². The molecule has 1 aliphatic heterocycles. The minimum atomic E-state index is 0.570.